The van der Waals surface area contributed by atoms with Gasteiger partial charge in [0, 0.05) is 10.8 Å². The monoisotopic (exact) mass is 412 g/mol. The lowest BCUT2D eigenvalue weighted by molar-refractivity contribution is 0.664. The third kappa shape index (κ3) is 3.85. The summed E-state index contributed by atoms with van der Waals surface area (Å²) < 4.78 is 0. The maximum atomic E-state index is 2.36. The summed E-state index contributed by atoms with van der Waals surface area (Å²) in [6, 6.07) is 39.1. The number of benzene rings is 4. The predicted molar refractivity (Wildman–Crippen MR) is 137 cm³/mol. The largest absolute Gasteiger partial charge is 0.0733 e. The first kappa shape index (κ1) is 20.3. The van der Waals surface area contributed by atoms with Gasteiger partial charge in [-0.25, -0.2) is 0 Å². The lowest BCUT2D eigenvalue weighted by atomic mass is 9.70. The molecule has 0 spiro atoms. The van der Waals surface area contributed by atoms with Crippen LogP contribution in [-0.4, -0.2) is 0 Å². The van der Waals surface area contributed by atoms with Crippen molar-refractivity contribution in [2.24, 2.45) is 0 Å². The summed E-state index contributed by atoms with van der Waals surface area (Å²) in [5.41, 5.74) is 7.44. The molecule has 0 aliphatic heterocycles. The molecule has 32 heavy (non-hydrogen) atoms. The first-order chi connectivity index (χ1) is 15.6. The number of rotatable bonds is 4. The fourth-order valence-electron chi connectivity index (χ4n) is 4.49. The Balaban J connectivity index is 1.37. The summed E-state index contributed by atoms with van der Waals surface area (Å²) >= 11 is 0. The SMILES string of the molecule is CC1(c2ccc(-c3ccccc3)cc2)C=CC(C)(c2ccc(-c3ccccc3)cc2)C=C1. The summed E-state index contributed by atoms with van der Waals surface area (Å²) in [6.45, 7) is 4.57. The van der Waals surface area contributed by atoms with E-state index in [0.717, 1.165) is 0 Å². The van der Waals surface area contributed by atoms with Crippen LogP contribution in [0.1, 0.15) is 25.0 Å². The van der Waals surface area contributed by atoms with Gasteiger partial charge in [0.2, 0.25) is 0 Å². The Morgan fingerprint density at radius 3 is 0.938 bits per heavy atom. The van der Waals surface area contributed by atoms with E-state index < -0.39 is 0 Å². The molecule has 0 N–H and O–H groups in total. The van der Waals surface area contributed by atoms with Crippen molar-refractivity contribution in [2.45, 2.75) is 24.7 Å². The maximum Gasteiger partial charge on any atom is 0.0284 e. The quantitative estimate of drug-likeness (QED) is 0.295. The van der Waals surface area contributed by atoms with Crippen molar-refractivity contribution in [3.05, 3.63) is 145 Å². The van der Waals surface area contributed by atoms with Crippen LogP contribution in [0, 0.1) is 0 Å². The van der Waals surface area contributed by atoms with Crippen LogP contribution >= 0.6 is 0 Å². The Hall–Kier alpha value is -3.64. The molecular weight excluding hydrogens is 384 g/mol. The van der Waals surface area contributed by atoms with Crippen LogP contribution in [0.4, 0.5) is 0 Å². The molecule has 0 atom stereocenters. The molecule has 0 saturated carbocycles. The summed E-state index contributed by atoms with van der Waals surface area (Å²) in [5, 5.41) is 0. The highest BCUT2D eigenvalue weighted by Gasteiger charge is 2.30. The van der Waals surface area contributed by atoms with Gasteiger partial charge in [-0.1, -0.05) is 133 Å². The summed E-state index contributed by atoms with van der Waals surface area (Å²) in [6.07, 6.45) is 9.43. The van der Waals surface area contributed by atoms with Crippen LogP contribution in [0.25, 0.3) is 22.3 Å². The van der Waals surface area contributed by atoms with E-state index in [-0.39, 0.29) is 10.8 Å². The molecule has 0 heteroatoms. The standard InChI is InChI=1S/C32H28/c1-31(29-17-13-27(14-18-29)25-9-5-3-6-10-25)21-23-32(2,24-22-31)30-19-15-28(16-20-30)26-11-7-4-8-12-26/h3-24H,1-2H3. The van der Waals surface area contributed by atoms with E-state index in [1.165, 1.54) is 33.4 Å². The fraction of sp³-hybridized carbons (Fsp3) is 0.125. The number of hydrogen-bond acceptors (Lipinski definition) is 0. The van der Waals surface area contributed by atoms with Gasteiger partial charge in [0.25, 0.3) is 0 Å². The molecule has 1 aliphatic rings. The Kier molecular flexibility index (Phi) is 5.15. The zero-order chi connectivity index (χ0) is 22.0. The molecule has 0 nitrogen and oxygen atoms in total. The van der Waals surface area contributed by atoms with Gasteiger partial charge in [0.15, 0.2) is 0 Å². The van der Waals surface area contributed by atoms with Crippen molar-refractivity contribution in [1.29, 1.82) is 0 Å². The van der Waals surface area contributed by atoms with Gasteiger partial charge in [-0.15, -0.1) is 0 Å². The maximum absolute atomic E-state index is 2.36. The van der Waals surface area contributed by atoms with Crippen LogP contribution in [0.2, 0.25) is 0 Å². The van der Waals surface area contributed by atoms with Crippen LogP contribution in [0.15, 0.2) is 133 Å². The van der Waals surface area contributed by atoms with Crippen molar-refractivity contribution in [3.8, 4) is 22.3 Å². The van der Waals surface area contributed by atoms with E-state index in [4.69, 9.17) is 0 Å². The average Bonchev–Trinajstić information content (AvgIpc) is 2.87. The Morgan fingerprint density at radius 1 is 0.344 bits per heavy atom. The molecule has 4 aromatic carbocycles. The van der Waals surface area contributed by atoms with Crippen LogP contribution < -0.4 is 0 Å². The van der Waals surface area contributed by atoms with E-state index in [0.29, 0.717) is 0 Å². The smallest absolute Gasteiger partial charge is 0.0284 e. The summed E-state index contributed by atoms with van der Waals surface area (Å²) in [4.78, 5) is 0. The molecule has 0 saturated heterocycles. The van der Waals surface area contributed by atoms with Crippen LogP contribution in [0.5, 0.6) is 0 Å². The van der Waals surface area contributed by atoms with Crippen LogP contribution in [0.3, 0.4) is 0 Å². The highest BCUT2D eigenvalue weighted by atomic mass is 14.3. The zero-order valence-electron chi connectivity index (χ0n) is 18.7. The third-order valence-corrected chi connectivity index (χ3v) is 6.78. The van der Waals surface area contributed by atoms with Gasteiger partial charge in [0.05, 0.1) is 0 Å². The van der Waals surface area contributed by atoms with Crippen molar-refractivity contribution in [2.75, 3.05) is 0 Å². The highest BCUT2D eigenvalue weighted by molar-refractivity contribution is 5.65. The van der Waals surface area contributed by atoms with Crippen molar-refractivity contribution in [1.82, 2.24) is 0 Å². The zero-order valence-corrected chi connectivity index (χ0v) is 18.7. The second-order valence-corrected chi connectivity index (χ2v) is 9.12. The summed E-state index contributed by atoms with van der Waals surface area (Å²) in [7, 11) is 0. The minimum Gasteiger partial charge on any atom is -0.0733 e. The Bertz CT molecular complexity index is 1130. The lowest BCUT2D eigenvalue weighted by Gasteiger charge is -2.33. The first-order valence-electron chi connectivity index (χ1n) is 11.3. The molecule has 4 aromatic rings. The average molecular weight is 413 g/mol. The molecule has 0 aromatic heterocycles. The van der Waals surface area contributed by atoms with Crippen molar-refractivity contribution < 1.29 is 0 Å². The van der Waals surface area contributed by atoms with Crippen molar-refractivity contribution >= 4 is 0 Å². The lowest BCUT2D eigenvalue weighted by Crippen LogP contribution is -2.26. The number of allylic oxidation sites excluding steroid dienone is 4. The first-order valence-corrected chi connectivity index (χ1v) is 11.3. The second kappa shape index (κ2) is 8.13. The van der Waals surface area contributed by atoms with Gasteiger partial charge >= 0.3 is 0 Å². The Labute approximate surface area is 191 Å². The molecule has 156 valence electrons. The molecule has 5 rings (SSSR count). The molecule has 0 amide bonds. The minimum absolute atomic E-state index is 0.0985. The van der Waals surface area contributed by atoms with E-state index in [2.05, 4.69) is 147 Å². The molecule has 0 heterocycles. The molecule has 0 bridgehead atoms. The van der Waals surface area contributed by atoms with Gasteiger partial charge in [-0.2, -0.15) is 0 Å². The Morgan fingerprint density at radius 2 is 0.625 bits per heavy atom. The fourth-order valence-corrected chi connectivity index (χ4v) is 4.49. The molecular formula is C32H28. The van der Waals surface area contributed by atoms with Gasteiger partial charge in [-0.05, 0) is 47.2 Å². The van der Waals surface area contributed by atoms with E-state index in [1.54, 1.807) is 0 Å². The number of hydrogen-bond donors (Lipinski definition) is 0. The third-order valence-electron chi connectivity index (χ3n) is 6.78. The van der Waals surface area contributed by atoms with E-state index >= 15 is 0 Å². The predicted octanol–water partition coefficient (Wildman–Crippen LogP) is 8.36. The molecule has 1 aliphatic carbocycles. The van der Waals surface area contributed by atoms with Gasteiger partial charge in [0.1, 0.15) is 0 Å². The van der Waals surface area contributed by atoms with E-state index in [1.807, 2.05) is 0 Å². The topological polar surface area (TPSA) is 0 Å². The summed E-state index contributed by atoms with van der Waals surface area (Å²) in [5.74, 6) is 0. The molecule has 0 unspecified atom stereocenters. The molecule has 0 radical (unpaired) electrons. The minimum atomic E-state index is -0.0985. The normalized spacial score (nSPS) is 22.1. The molecule has 0 fully saturated rings. The second-order valence-electron chi connectivity index (χ2n) is 9.12. The van der Waals surface area contributed by atoms with Crippen LogP contribution in [-0.2, 0) is 10.8 Å². The highest BCUT2D eigenvalue weighted by Crippen LogP contribution is 2.39. The van der Waals surface area contributed by atoms with Gasteiger partial charge < -0.3 is 0 Å². The van der Waals surface area contributed by atoms with Gasteiger partial charge in [-0.3, -0.25) is 0 Å². The van der Waals surface area contributed by atoms with E-state index in [9.17, 15) is 0 Å². The van der Waals surface area contributed by atoms with Crippen molar-refractivity contribution in [3.63, 3.8) is 0 Å².